The summed E-state index contributed by atoms with van der Waals surface area (Å²) in [6.07, 6.45) is 1.54. The number of thiophene rings is 1. The number of esters is 1. The zero-order valence-corrected chi connectivity index (χ0v) is 15.0. The number of aromatic nitrogens is 1. The molecule has 0 radical (unpaired) electrons. The highest BCUT2D eigenvalue weighted by Crippen LogP contribution is 2.27. The summed E-state index contributed by atoms with van der Waals surface area (Å²) in [5.41, 5.74) is 0.788. The number of pyridine rings is 1. The average molecular weight is 371 g/mol. The van der Waals surface area contributed by atoms with Gasteiger partial charge in [0.05, 0.1) is 27.4 Å². The smallest absolute Gasteiger partial charge is 0.348 e. The normalized spacial score (nSPS) is 10.4. The highest BCUT2D eigenvalue weighted by atomic mass is 35.5. The number of amides is 1. The number of halogens is 1. The molecule has 8 heteroatoms. The molecule has 2 heterocycles. The molecular weight excluding hydrogens is 356 g/mol. The minimum atomic E-state index is -0.366. The number of rotatable bonds is 6. The first-order valence-electron chi connectivity index (χ1n) is 6.81. The molecule has 2 aromatic rings. The van der Waals surface area contributed by atoms with Crippen molar-refractivity contribution < 1.29 is 14.3 Å². The van der Waals surface area contributed by atoms with Crippen molar-refractivity contribution in [2.45, 2.75) is 18.9 Å². The summed E-state index contributed by atoms with van der Waals surface area (Å²) in [6.45, 7) is 3.89. The molecular formula is C15H15ClN2O3S2. The summed E-state index contributed by atoms with van der Waals surface area (Å²) in [6, 6.07) is 5.25. The van der Waals surface area contributed by atoms with Crippen molar-refractivity contribution in [1.29, 1.82) is 0 Å². The molecule has 1 amide bonds. The van der Waals surface area contributed by atoms with Crippen molar-refractivity contribution in [3.63, 3.8) is 0 Å². The number of thioether (sulfide) groups is 1. The summed E-state index contributed by atoms with van der Waals surface area (Å²) >= 11 is 8.28. The number of nitrogens with zero attached hydrogens (tertiary/aromatic N) is 1. The van der Waals surface area contributed by atoms with Crippen LogP contribution in [0.25, 0.3) is 0 Å². The van der Waals surface area contributed by atoms with Gasteiger partial charge in [-0.25, -0.2) is 9.78 Å². The molecule has 0 aliphatic heterocycles. The summed E-state index contributed by atoms with van der Waals surface area (Å²) in [5.74, 6) is -0.306. The molecule has 0 unspecified atom stereocenters. The second-order valence-corrected chi connectivity index (χ2v) is 6.98. The highest BCUT2D eigenvalue weighted by Gasteiger charge is 2.16. The number of anilines is 1. The maximum atomic E-state index is 12.0. The molecule has 0 fully saturated rings. The Labute approximate surface area is 147 Å². The van der Waals surface area contributed by atoms with Crippen LogP contribution in [0, 0.1) is 6.92 Å². The van der Waals surface area contributed by atoms with E-state index in [4.69, 9.17) is 16.3 Å². The number of carbonyl (C=O) groups is 2. The van der Waals surface area contributed by atoms with E-state index in [9.17, 15) is 9.59 Å². The molecule has 0 aliphatic rings. The summed E-state index contributed by atoms with van der Waals surface area (Å²) in [4.78, 5) is 28.3. The topological polar surface area (TPSA) is 68.3 Å². The zero-order chi connectivity index (χ0) is 16.8. The Hall–Kier alpha value is -1.57. The molecule has 0 saturated carbocycles. The number of hydrogen-bond donors (Lipinski definition) is 1. The number of hydrogen-bond acceptors (Lipinski definition) is 6. The summed E-state index contributed by atoms with van der Waals surface area (Å²) in [5, 5.41) is 4.68. The van der Waals surface area contributed by atoms with Crippen LogP contribution in [-0.2, 0) is 9.53 Å². The fraction of sp³-hybridized carbons (Fsp3) is 0.267. The maximum Gasteiger partial charge on any atom is 0.348 e. The Balaban J connectivity index is 1.91. The maximum absolute atomic E-state index is 12.0. The lowest BCUT2D eigenvalue weighted by molar-refractivity contribution is -0.113. The Kier molecular flexibility index (Phi) is 6.44. The third-order valence-corrected chi connectivity index (χ3v) is 4.99. The lowest BCUT2D eigenvalue weighted by atomic mass is 10.3. The summed E-state index contributed by atoms with van der Waals surface area (Å²) in [7, 11) is 0. The first kappa shape index (κ1) is 17.8. The van der Waals surface area contributed by atoms with E-state index in [1.165, 1.54) is 29.3 Å². The van der Waals surface area contributed by atoms with Crippen molar-refractivity contribution in [3.05, 3.63) is 39.9 Å². The molecule has 23 heavy (non-hydrogen) atoms. The quantitative estimate of drug-likeness (QED) is 0.614. The van der Waals surface area contributed by atoms with E-state index in [1.807, 2.05) is 6.92 Å². The molecule has 0 bridgehead atoms. The van der Waals surface area contributed by atoms with Crippen LogP contribution in [0.15, 0.2) is 29.4 Å². The number of nitrogens with one attached hydrogen (secondary N) is 1. The van der Waals surface area contributed by atoms with Gasteiger partial charge in [-0.3, -0.25) is 4.79 Å². The SMILES string of the molecule is CCOC(=O)c1sc(NC(=O)CSc2ccc(Cl)cn2)cc1C. The van der Waals surface area contributed by atoms with Gasteiger partial charge in [-0.05, 0) is 37.6 Å². The van der Waals surface area contributed by atoms with Crippen molar-refractivity contribution in [1.82, 2.24) is 4.98 Å². The fourth-order valence-corrected chi connectivity index (χ4v) is 3.44. The van der Waals surface area contributed by atoms with Crippen molar-refractivity contribution in [3.8, 4) is 0 Å². The van der Waals surface area contributed by atoms with Crippen LogP contribution < -0.4 is 5.32 Å². The van der Waals surface area contributed by atoms with Crippen LogP contribution >= 0.6 is 34.7 Å². The molecule has 1 N–H and O–H groups in total. The van der Waals surface area contributed by atoms with E-state index in [0.717, 1.165) is 10.6 Å². The van der Waals surface area contributed by atoms with Crippen LogP contribution in [0.2, 0.25) is 5.02 Å². The van der Waals surface area contributed by atoms with Gasteiger partial charge >= 0.3 is 5.97 Å². The third kappa shape index (κ3) is 5.23. The van der Waals surface area contributed by atoms with E-state index in [-0.39, 0.29) is 17.6 Å². The molecule has 2 rings (SSSR count). The lowest BCUT2D eigenvalue weighted by Gasteiger charge is -2.02. The lowest BCUT2D eigenvalue weighted by Crippen LogP contribution is -2.13. The van der Waals surface area contributed by atoms with Crippen LogP contribution in [-0.4, -0.2) is 29.2 Å². The zero-order valence-electron chi connectivity index (χ0n) is 12.6. The van der Waals surface area contributed by atoms with E-state index < -0.39 is 0 Å². The molecule has 0 spiro atoms. The predicted octanol–water partition coefficient (Wildman–Crippen LogP) is 4.01. The van der Waals surface area contributed by atoms with E-state index in [0.29, 0.717) is 21.5 Å². The van der Waals surface area contributed by atoms with Gasteiger partial charge in [0.2, 0.25) is 5.91 Å². The average Bonchev–Trinajstić information content (AvgIpc) is 2.87. The minimum Gasteiger partial charge on any atom is -0.462 e. The van der Waals surface area contributed by atoms with Gasteiger partial charge in [0.1, 0.15) is 4.88 Å². The van der Waals surface area contributed by atoms with Gasteiger partial charge in [0, 0.05) is 6.20 Å². The van der Waals surface area contributed by atoms with E-state index in [1.54, 1.807) is 25.1 Å². The molecule has 122 valence electrons. The van der Waals surface area contributed by atoms with Crippen LogP contribution in [0.4, 0.5) is 5.00 Å². The van der Waals surface area contributed by atoms with Crippen molar-refractivity contribution in [2.75, 3.05) is 17.7 Å². The van der Waals surface area contributed by atoms with Crippen LogP contribution in [0.1, 0.15) is 22.2 Å². The number of aryl methyl sites for hydroxylation is 1. The van der Waals surface area contributed by atoms with Gasteiger partial charge in [0.25, 0.3) is 0 Å². The standard InChI is InChI=1S/C15H15ClN2O3S2/c1-3-21-15(20)14-9(2)6-13(23-14)18-11(19)8-22-12-5-4-10(16)7-17-12/h4-7H,3,8H2,1-2H3,(H,18,19). The largest absolute Gasteiger partial charge is 0.462 e. The van der Waals surface area contributed by atoms with Gasteiger partial charge < -0.3 is 10.1 Å². The first-order valence-corrected chi connectivity index (χ1v) is 8.99. The Bertz CT molecular complexity index is 701. The monoisotopic (exact) mass is 370 g/mol. The fourth-order valence-electron chi connectivity index (χ4n) is 1.70. The Morgan fingerprint density at radius 3 is 2.87 bits per heavy atom. The van der Waals surface area contributed by atoms with E-state index >= 15 is 0 Å². The summed E-state index contributed by atoms with van der Waals surface area (Å²) < 4.78 is 4.98. The van der Waals surface area contributed by atoms with Crippen molar-refractivity contribution >= 4 is 51.6 Å². The third-order valence-electron chi connectivity index (χ3n) is 2.69. The molecule has 5 nitrogen and oxygen atoms in total. The molecule has 0 aromatic carbocycles. The number of carbonyl (C=O) groups excluding carboxylic acids is 2. The molecule has 0 atom stereocenters. The molecule has 0 saturated heterocycles. The second kappa shape index (κ2) is 8.33. The first-order chi connectivity index (χ1) is 11.0. The number of ether oxygens (including phenoxy) is 1. The van der Waals surface area contributed by atoms with Crippen LogP contribution in [0.3, 0.4) is 0 Å². The van der Waals surface area contributed by atoms with Crippen molar-refractivity contribution in [2.24, 2.45) is 0 Å². The van der Waals surface area contributed by atoms with E-state index in [2.05, 4.69) is 10.3 Å². The Morgan fingerprint density at radius 1 is 1.43 bits per heavy atom. The van der Waals surface area contributed by atoms with Crippen LogP contribution in [0.5, 0.6) is 0 Å². The highest BCUT2D eigenvalue weighted by molar-refractivity contribution is 7.99. The van der Waals surface area contributed by atoms with Gasteiger partial charge in [0.15, 0.2) is 0 Å². The van der Waals surface area contributed by atoms with Gasteiger partial charge in [-0.15, -0.1) is 11.3 Å². The molecule has 0 aliphatic carbocycles. The minimum absolute atomic E-state index is 0.164. The second-order valence-electron chi connectivity index (χ2n) is 4.49. The molecule has 2 aromatic heterocycles. The Morgan fingerprint density at radius 2 is 2.22 bits per heavy atom. The van der Waals surface area contributed by atoms with Gasteiger partial charge in [-0.1, -0.05) is 23.4 Å². The van der Waals surface area contributed by atoms with Gasteiger partial charge in [-0.2, -0.15) is 0 Å². The predicted molar refractivity (Wildman–Crippen MR) is 93.6 cm³/mol.